The summed E-state index contributed by atoms with van der Waals surface area (Å²) in [5.74, 6) is 0.325. The minimum Gasteiger partial charge on any atom is -0.353 e. The molecule has 0 aliphatic carbocycles. The monoisotopic (exact) mass is 423 g/mol. The van der Waals surface area contributed by atoms with Crippen molar-refractivity contribution in [1.29, 1.82) is 0 Å². The van der Waals surface area contributed by atoms with E-state index in [1.165, 1.54) is 17.8 Å². The normalized spacial score (nSPS) is 19.1. The predicted octanol–water partition coefficient (Wildman–Crippen LogP) is 2.25. The van der Waals surface area contributed by atoms with Crippen LogP contribution >= 0.6 is 0 Å². The number of amides is 2. The molecule has 9 heteroatoms. The van der Waals surface area contributed by atoms with E-state index in [0.717, 1.165) is 12.1 Å². The molecule has 31 heavy (non-hydrogen) atoms. The number of anilines is 2. The van der Waals surface area contributed by atoms with Crippen LogP contribution in [0.4, 0.5) is 17.2 Å². The highest BCUT2D eigenvalue weighted by atomic mass is 16.6. The van der Waals surface area contributed by atoms with Crippen molar-refractivity contribution in [3.63, 3.8) is 0 Å². The van der Waals surface area contributed by atoms with Gasteiger partial charge in [0.15, 0.2) is 0 Å². The Kier molecular flexibility index (Phi) is 5.83. The Hall–Kier alpha value is -3.49. The summed E-state index contributed by atoms with van der Waals surface area (Å²) in [4.78, 5) is 45.5. The molecule has 2 aliphatic heterocycles. The van der Waals surface area contributed by atoms with Crippen LogP contribution < -0.4 is 9.80 Å². The van der Waals surface area contributed by atoms with Crippen molar-refractivity contribution >= 4 is 29.0 Å². The van der Waals surface area contributed by atoms with Gasteiger partial charge < -0.3 is 14.7 Å². The lowest BCUT2D eigenvalue weighted by molar-refractivity contribution is -0.385. The van der Waals surface area contributed by atoms with Crippen molar-refractivity contribution in [3.05, 3.63) is 58.3 Å². The summed E-state index contributed by atoms with van der Waals surface area (Å²) in [5, 5.41) is 10.8. The highest BCUT2D eigenvalue weighted by Crippen LogP contribution is 2.27. The number of rotatable bonds is 5. The number of hydrogen-bond donors (Lipinski definition) is 0. The van der Waals surface area contributed by atoms with E-state index >= 15 is 0 Å². The molecule has 9 nitrogen and oxygen atoms in total. The smallest absolute Gasteiger partial charge is 0.287 e. The first-order valence-electron chi connectivity index (χ1n) is 10.5. The van der Waals surface area contributed by atoms with E-state index < -0.39 is 4.92 Å². The molecule has 4 rings (SSSR count). The number of nitrogens with zero attached hydrogens (tertiary/aromatic N) is 5. The van der Waals surface area contributed by atoms with Gasteiger partial charge in [-0.1, -0.05) is 19.1 Å². The Balaban J connectivity index is 1.34. The first-order valence-corrected chi connectivity index (χ1v) is 10.5. The Bertz CT molecular complexity index is 968. The zero-order valence-corrected chi connectivity index (χ0v) is 17.4. The average Bonchev–Trinajstić information content (AvgIpc) is 3.20. The van der Waals surface area contributed by atoms with Crippen molar-refractivity contribution in [2.75, 3.05) is 42.5 Å². The van der Waals surface area contributed by atoms with Gasteiger partial charge in [0.1, 0.15) is 12.0 Å². The lowest BCUT2D eigenvalue weighted by Gasteiger charge is -2.36. The molecule has 2 saturated heterocycles. The molecule has 0 saturated carbocycles. The van der Waals surface area contributed by atoms with Gasteiger partial charge in [-0.05, 0) is 30.2 Å². The van der Waals surface area contributed by atoms with Crippen LogP contribution in [0.3, 0.4) is 0 Å². The van der Waals surface area contributed by atoms with Crippen LogP contribution in [0, 0.1) is 16.0 Å². The zero-order valence-electron chi connectivity index (χ0n) is 17.4. The van der Waals surface area contributed by atoms with E-state index in [1.807, 2.05) is 34.1 Å². The molecular weight excluding hydrogens is 398 g/mol. The number of carbonyl (C=O) groups is 2. The summed E-state index contributed by atoms with van der Waals surface area (Å²) in [5.41, 5.74) is 2.01. The fraction of sp³-hybridized carbons (Fsp3) is 0.409. The van der Waals surface area contributed by atoms with Gasteiger partial charge >= 0.3 is 0 Å². The maximum atomic E-state index is 13.0. The second-order valence-electron chi connectivity index (χ2n) is 7.87. The topological polar surface area (TPSA) is 99.9 Å². The molecule has 0 radical (unpaired) electrons. The minimum absolute atomic E-state index is 0.0114. The Morgan fingerprint density at radius 2 is 1.84 bits per heavy atom. The van der Waals surface area contributed by atoms with Crippen molar-refractivity contribution in [2.24, 2.45) is 5.92 Å². The van der Waals surface area contributed by atoms with E-state index in [1.54, 1.807) is 11.0 Å². The maximum Gasteiger partial charge on any atom is 0.287 e. The van der Waals surface area contributed by atoms with Gasteiger partial charge in [0.25, 0.3) is 5.69 Å². The van der Waals surface area contributed by atoms with E-state index in [9.17, 15) is 19.7 Å². The second kappa shape index (κ2) is 8.71. The number of pyridine rings is 1. The van der Waals surface area contributed by atoms with Crippen LogP contribution in [0.5, 0.6) is 0 Å². The average molecular weight is 423 g/mol. The molecule has 0 bridgehead atoms. The number of piperazine rings is 1. The van der Waals surface area contributed by atoms with Gasteiger partial charge in [-0.25, -0.2) is 4.98 Å². The van der Waals surface area contributed by atoms with E-state index in [0.29, 0.717) is 38.5 Å². The zero-order chi connectivity index (χ0) is 22.0. The van der Waals surface area contributed by atoms with Crippen LogP contribution in [-0.2, 0) is 16.0 Å². The molecule has 1 unspecified atom stereocenters. The van der Waals surface area contributed by atoms with E-state index in [-0.39, 0.29) is 29.8 Å². The molecule has 2 aromatic rings. The highest BCUT2D eigenvalue weighted by molar-refractivity contribution is 6.00. The standard InChI is InChI=1S/C22H25N5O4/c1-2-16-3-5-18(6-4-16)26-15-17(13-21(26)28)22(29)25-11-9-24(10-12-25)20-8-7-19(14-23-20)27(30)31/h3-8,14,17H,2,9-13,15H2,1H3. The van der Waals surface area contributed by atoms with Crippen molar-refractivity contribution < 1.29 is 14.5 Å². The fourth-order valence-electron chi connectivity index (χ4n) is 4.12. The van der Waals surface area contributed by atoms with Crippen LogP contribution in [0.15, 0.2) is 42.6 Å². The van der Waals surface area contributed by atoms with Gasteiger partial charge in [-0.2, -0.15) is 0 Å². The maximum absolute atomic E-state index is 13.0. The Morgan fingerprint density at radius 1 is 1.13 bits per heavy atom. The number of nitro groups is 1. The van der Waals surface area contributed by atoms with Gasteiger partial charge in [0.2, 0.25) is 11.8 Å². The SMILES string of the molecule is CCc1ccc(N2CC(C(=O)N3CCN(c4ccc([N+](=O)[O-])cn4)CC3)CC2=O)cc1. The highest BCUT2D eigenvalue weighted by Gasteiger charge is 2.38. The third-order valence-electron chi connectivity index (χ3n) is 5.99. The molecule has 0 spiro atoms. The molecule has 3 heterocycles. The third kappa shape index (κ3) is 4.35. The summed E-state index contributed by atoms with van der Waals surface area (Å²) in [6, 6.07) is 11.0. The molecular formula is C22H25N5O4. The van der Waals surface area contributed by atoms with Gasteiger partial charge in [-0.15, -0.1) is 0 Å². The van der Waals surface area contributed by atoms with Crippen molar-refractivity contribution in [2.45, 2.75) is 19.8 Å². The predicted molar refractivity (Wildman–Crippen MR) is 116 cm³/mol. The number of aryl methyl sites for hydroxylation is 1. The molecule has 1 atom stereocenters. The second-order valence-corrected chi connectivity index (χ2v) is 7.87. The first-order chi connectivity index (χ1) is 15.0. The molecule has 2 fully saturated rings. The summed E-state index contributed by atoms with van der Waals surface area (Å²) in [6.07, 6.45) is 2.42. The van der Waals surface area contributed by atoms with Gasteiger partial charge in [0.05, 0.1) is 10.8 Å². The first kappa shape index (κ1) is 20.8. The number of carbonyl (C=O) groups excluding carboxylic acids is 2. The number of benzene rings is 1. The number of aromatic nitrogens is 1. The van der Waals surface area contributed by atoms with Gasteiger partial charge in [0, 0.05) is 50.9 Å². The van der Waals surface area contributed by atoms with Crippen LogP contribution in [0.2, 0.25) is 0 Å². The Labute approximate surface area is 180 Å². The molecule has 2 amide bonds. The van der Waals surface area contributed by atoms with Crippen molar-refractivity contribution in [3.8, 4) is 0 Å². The summed E-state index contributed by atoms with van der Waals surface area (Å²) in [6.45, 7) is 4.76. The lowest BCUT2D eigenvalue weighted by Crippen LogP contribution is -2.51. The van der Waals surface area contributed by atoms with Crippen LogP contribution in [0.25, 0.3) is 0 Å². The van der Waals surface area contributed by atoms with Crippen molar-refractivity contribution in [1.82, 2.24) is 9.88 Å². The summed E-state index contributed by atoms with van der Waals surface area (Å²) < 4.78 is 0. The summed E-state index contributed by atoms with van der Waals surface area (Å²) >= 11 is 0. The van der Waals surface area contributed by atoms with Gasteiger partial charge in [-0.3, -0.25) is 19.7 Å². The number of hydrogen-bond acceptors (Lipinski definition) is 6. The van der Waals surface area contributed by atoms with E-state index in [4.69, 9.17) is 0 Å². The molecule has 1 aromatic carbocycles. The minimum atomic E-state index is -0.474. The summed E-state index contributed by atoms with van der Waals surface area (Å²) in [7, 11) is 0. The molecule has 0 N–H and O–H groups in total. The Morgan fingerprint density at radius 3 is 2.42 bits per heavy atom. The van der Waals surface area contributed by atoms with E-state index in [2.05, 4.69) is 11.9 Å². The lowest BCUT2D eigenvalue weighted by atomic mass is 10.1. The molecule has 2 aliphatic rings. The van der Waals surface area contributed by atoms with Crippen LogP contribution in [0.1, 0.15) is 18.9 Å². The third-order valence-corrected chi connectivity index (χ3v) is 5.99. The quantitative estimate of drug-likeness (QED) is 0.540. The largest absolute Gasteiger partial charge is 0.353 e. The molecule has 162 valence electrons. The fourth-order valence-corrected chi connectivity index (χ4v) is 4.12. The molecule has 1 aromatic heterocycles. The van der Waals surface area contributed by atoms with Crippen LogP contribution in [-0.4, -0.2) is 59.3 Å².